The third-order valence-corrected chi connectivity index (χ3v) is 6.85. The quantitative estimate of drug-likeness (QED) is 0.736. The molecule has 0 saturated carbocycles. The van der Waals surface area contributed by atoms with E-state index in [-0.39, 0.29) is 24.3 Å². The SMILES string of the molecule is CS(=O)(=O)N1CCCC[C@H]1CNc1nc(C2CNc3ncc(Cl)cc32)ncc1F. The molecule has 1 saturated heterocycles. The number of sulfonamides is 1. The molecule has 4 heterocycles. The molecule has 2 N–H and O–H groups in total. The fourth-order valence-electron chi connectivity index (χ4n) is 3.91. The molecule has 1 fully saturated rings. The molecule has 0 bridgehead atoms. The van der Waals surface area contributed by atoms with Crippen LogP contribution >= 0.6 is 11.6 Å². The number of nitrogens with one attached hydrogen (secondary N) is 2. The van der Waals surface area contributed by atoms with Gasteiger partial charge in [-0.25, -0.2) is 27.8 Å². The average molecular weight is 441 g/mol. The Balaban J connectivity index is 1.54. The van der Waals surface area contributed by atoms with Crippen LogP contribution in [0.4, 0.5) is 16.0 Å². The Morgan fingerprint density at radius 2 is 2.17 bits per heavy atom. The van der Waals surface area contributed by atoms with E-state index in [0.717, 1.165) is 31.0 Å². The molecule has 2 aliphatic heterocycles. The number of rotatable bonds is 5. The molecule has 0 amide bonds. The Bertz CT molecular complexity index is 1020. The molecule has 2 aromatic rings. The molecule has 0 aromatic carbocycles. The van der Waals surface area contributed by atoms with Crippen molar-refractivity contribution in [2.45, 2.75) is 31.2 Å². The van der Waals surface area contributed by atoms with E-state index in [1.54, 1.807) is 12.3 Å². The zero-order valence-corrected chi connectivity index (χ0v) is 17.5. The number of aromatic nitrogens is 3. The van der Waals surface area contributed by atoms with Gasteiger partial charge in [-0.1, -0.05) is 18.0 Å². The first-order chi connectivity index (χ1) is 13.8. The lowest BCUT2D eigenvalue weighted by Crippen LogP contribution is -2.46. The topological polar surface area (TPSA) is 100 Å². The molecule has 2 aromatic heterocycles. The summed E-state index contributed by atoms with van der Waals surface area (Å²) >= 11 is 6.06. The standard InChI is InChI=1S/C18H22ClFN6O2S/c1-29(27,28)26-5-3-2-4-12(26)8-22-18-15(20)10-24-17(25-18)14-9-23-16-13(14)6-11(19)7-21-16/h6-7,10,12,14H,2-5,8-9H2,1H3,(H,21,23)(H,22,24,25)/t12-,14?/m0/s1. The van der Waals surface area contributed by atoms with Gasteiger partial charge >= 0.3 is 0 Å². The number of pyridine rings is 1. The zero-order chi connectivity index (χ0) is 20.6. The second-order valence-corrected chi connectivity index (χ2v) is 9.73. The second-order valence-electron chi connectivity index (χ2n) is 7.35. The molecular weight excluding hydrogens is 419 g/mol. The lowest BCUT2D eigenvalue weighted by Gasteiger charge is -2.33. The second kappa shape index (κ2) is 8.00. The highest BCUT2D eigenvalue weighted by molar-refractivity contribution is 7.88. The number of nitrogens with zero attached hydrogens (tertiary/aromatic N) is 4. The van der Waals surface area contributed by atoms with Gasteiger partial charge in [-0.3, -0.25) is 0 Å². The zero-order valence-electron chi connectivity index (χ0n) is 15.9. The van der Waals surface area contributed by atoms with Crippen molar-refractivity contribution in [1.82, 2.24) is 19.3 Å². The monoisotopic (exact) mass is 440 g/mol. The van der Waals surface area contributed by atoms with E-state index < -0.39 is 15.8 Å². The number of halogens is 2. The summed E-state index contributed by atoms with van der Waals surface area (Å²) in [6, 6.07) is 1.58. The van der Waals surface area contributed by atoms with Crippen molar-refractivity contribution >= 4 is 33.3 Å². The lowest BCUT2D eigenvalue weighted by atomic mass is 10.0. The first-order valence-electron chi connectivity index (χ1n) is 9.45. The fourth-order valence-corrected chi connectivity index (χ4v) is 5.26. The third kappa shape index (κ3) is 4.29. The van der Waals surface area contributed by atoms with E-state index in [2.05, 4.69) is 25.6 Å². The lowest BCUT2D eigenvalue weighted by molar-refractivity contribution is 0.263. The number of anilines is 2. The van der Waals surface area contributed by atoms with Crippen LogP contribution in [0.1, 0.15) is 36.6 Å². The van der Waals surface area contributed by atoms with Crippen LogP contribution in [0.25, 0.3) is 0 Å². The van der Waals surface area contributed by atoms with Gasteiger partial charge in [-0.15, -0.1) is 0 Å². The number of hydrogen-bond donors (Lipinski definition) is 2. The van der Waals surface area contributed by atoms with Crippen LogP contribution in [0.15, 0.2) is 18.5 Å². The van der Waals surface area contributed by atoms with Gasteiger partial charge in [0.05, 0.1) is 23.4 Å². The summed E-state index contributed by atoms with van der Waals surface area (Å²) in [5.74, 6) is 0.462. The molecule has 1 unspecified atom stereocenters. The van der Waals surface area contributed by atoms with Crippen molar-refractivity contribution in [3.63, 3.8) is 0 Å². The summed E-state index contributed by atoms with van der Waals surface area (Å²) in [6.45, 7) is 1.31. The van der Waals surface area contributed by atoms with Gasteiger partial charge in [0.1, 0.15) is 11.6 Å². The van der Waals surface area contributed by atoms with Gasteiger partial charge in [0.15, 0.2) is 11.6 Å². The molecule has 0 radical (unpaired) electrons. The number of fused-ring (bicyclic) bond motifs is 1. The van der Waals surface area contributed by atoms with Crippen molar-refractivity contribution in [2.24, 2.45) is 0 Å². The van der Waals surface area contributed by atoms with Crippen LogP contribution in [0.3, 0.4) is 0 Å². The molecule has 2 atom stereocenters. The van der Waals surface area contributed by atoms with E-state index in [9.17, 15) is 12.8 Å². The van der Waals surface area contributed by atoms with Crippen molar-refractivity contribution in [3.05, 3.63) is 40.7 Å². The minimum Gasteiger partial charge on any atom is -0.369 e. The summed E-state index contributed by atoms with van der Waals surface area (Å²) in [7, 11) is -3.31. The summed E-state index contributed by atoms with van der Waals surface area (Å²) in [6.07, 6.45) is 6.40. The van der Waals surface area contributed by atoms with Crippen molar-refractivity contribution in [3.8, 4) is 0 Å². The van der Waals surface area contributed by atoms with Gasteiger partial charge in [0, 0.05) is 37.4 Å². The summed E-state index contributed by atoms with van der Waals surface area (Å²) in [5, 5.41) is 6.68. The molecule has 0 aliphatic carbocycles. The predicted octanol–water partition coefficient (Wildman–Crippen LogP) is 2.45. The van der Waals surface area contributed by atoms with E-state index in [1.165, 1.54) is 10.6 Å². The number of piperidine rings is 1. The highest BCUT2D eigenvalue weighted by atomic mass is 35.5. The summed E-state index contributed by atoms with van der Waals surface area (Å²) < 4.78 is 39.9. The van der Waals surface area contributed by atoms with E-state index >= 15 is 0 Å². The molecule has 4 rings (SSSR count). The average Bonchev–Trinajstić information content (AvgIpc) is 3.10. The van der Waals surface area contributed by atoms with Gasteiger partial charge in [-0.2, -0.15) is 4.31 Å². The summed E-state index contributed by atoms with van der Waals surface area (Å²) in [4.78, 5) is 12.8. The molecule has 8 nitrogen and oxygen atoms in total. The Kier molecular flexibility index (Phi) is 5.58. The molecule has 2 aliphatic rings. The van der Waals surface area contributed by atoms with Crippen molar-refractivity contribution in [1.29, 1.82) is 0 Å². The molecule has 29 heavy (non-hydrogen) atoms. The molecule has 11 heteroatoms. The molecule has 0 spiro atoms. The largest absolute Gasteiger partial charge is 0.369 e. The normalized spacial score (nSPS) is 22.2. The third-order valence-electron chi connectivity index (χ3n) is 5.31. The van der Waals surface area contributed by atoms with Crippen molar-refractivity contribution in [2.75, 3.05) is 36.5 Å². The van der Waals surface area contributed by atoms with Crippen LogP contribution < -0.4 is 10.6 Å². The van der Waals surface area contributed by atoms with Gasteiger partial charge in [0.2, 0.25) is 10.0 Å². The minimum absolute atomic E-state index is 0.0671. The Labute approximate surface area is 174 Å². The predicted molar refractivity (Wildman–Crippen MR) is 109 cm³/mol. The van der Waals surface area contributed by atoms with Gasteiger partial charge < -0.3 is 10.6 Å². The van der Waals surface area contributed by atoms with Crippen molar-refractivity contribution < 1.29 is 12.8 Å². The minimum atomic E-state index is -3.31. The van der Waals surface area contributed by atoms with Gasteiger partial charge in [0.25, 0.3) is 0 Å². The van der Waals surface area contributed by atoms with E-state index in [4.69, 9.17) is 11.6 Å². The van der Waals surface area contributed by atoms with Crippen LogP contribution in [-0.2, 0) is 10.0 Å². The first kappa shape index (κ1) is 20.2. The van der Waals surface area contributed by atoms with Crippen LogP contribution in [-0.4, -0.2) is 59.6 Å². The van der Waals surface area contributed by atoms with Crippen LogP contribution in [0, 0.1) is 5.82 Å². The first-order valence-corrected chi connectivity index (χ1v) is 11.7. The Morgan fingerprint density at radius 3 is 2.97 bits per heavy atom. The molecule has 156 valence electrons. The Hall–Kier alpha value is -2.04. The maximum Gasteiger partial charge on any atom is 0.211 e. The Morgan fingerprint density at radius 1 is 1.34 bits per heavy atom. The summed E-state index contributed by atoms with van der Waals surface area (Å²) in [5.41, 5.74) is 0.866. The fraction of sp³-hybridized carbons (Fsp3) is 0.500. The number of hydrogen-bond acceptors (Lipinski definition) is 7. The smallest absolute Gasteiger partial charge is 0.211 e. The van der Waals surface area contributed by atoms with Crippen LogP contribution in [0.5, 0.6) is 0 Å². The highest BCUT2D eigenvalue weighted by Gasteiger charge is 2.30. The molecular formula is C18H22ClFN6O2S. The van der Waals surface area contributed by atoms with E-state index in [0.29, 0.717) is 29.8 Å². The van der Waals surface area contributed by atoms with E-state index in [1.807, 2.05) is 0 Å². The van der Waals surface area contributed by atoms with Crippen LogP contribution in [0.2, 0.25) is 5.02 Å². The maximum atomic E-state index is 14.3. The highest BCUT2D eigenvalue weighted by Crippen LogP contribution is 2.35. The maximum absolute atomic E-state index is 14.3. The van der Waals surface area contributed by atoms with Gasteiger partial charge in [-0.05, 0) is 18.9 Å².